The molecule has 1 unspecified atom stereocenters. The normalized spacial score (nSPS) is 32.8. The van der Waals surface area contributed by atoms with Gasteiger partial charge in [-0.05, 0) is 30.6 Å². The molecule has 0 saturated heterocycles. The first kappa shape index (κ1) is 9.83. The predicted molar refractivity (Wildman–Crippen MR) is 55.1 cm³/mol. The van der Waals surface area contributed by atoms with Crippen molar-refractivity contribution < 1.29 is 0 Å². The first-order valence-electron chi connectivity index (χ1n) is 4.90. The molecule has 1 aliphatic rings. The summed E-state index contributed by atoms with van der Waals surface area (Å²) < 4.78 is 0. The molecule has 0 spiro atoms. The summed E-state index contributed by atoms with van der Waals surface area (Å²) in [7, 11) is 0. The van der Waals surface area contributed by atoms with Crippen LogP contribution in [0.2, 0.25) is 0 Å². The molecule has 0 fully saturated rings. The molecule has 0 nitrogen and oxygen atoms in total. The zero-order chi connectivity index (χ0) is 9.73. The Bertz CT molecular complexity index is 228. The molecule has 1 rings (SSSR count). The van der Waals surface area contributed by atoms with Crippen molar-refractivity contribution in [2.45, 2.75) is 48.5 Å². The lowest BCUT2D eigenvalue weighted by molar-refractivity contribution is 0.129. The van der Waals surface area contributed by atoms with Gasteiger partial charge in [-0.25, -0.2) is 0 Å². The number of hydrogen-bond acceptors (Lipinski definition) is 0. The van der Waals surface area contributed by atoms with Gasteiger partial charge in [0.1, 0.15) is 0 Å². The highest BCUT2D eigenvalue weighted by molar-refractivity contribution is 5.31. The molecule has 0 amide bonds. The van der Waals surface area contributed by atoms with Gasteiger partial charge >= 0.3 is 0 Å². The zero-order valence-electron chi connectivity index (χ0n) is 9.58. The molecule has 1 aliphatic carbocycles. The molecule has 12 heavy (non-hydrogen) atoms. The fourth-order valence-electron chi connectivity index (χ4n) is 2.38. The highest BCUT2D eigenvalue weighted by Crippen LogP contribution is 2.57. The topological polar surface area (TPSA) is 0 Å². The fraction of sp³-hybridized carbons (Fsp3) is 0.833. The van der Waals surface area contributed by atoms with Gasteiger partial charge in [-0.15, -0.1) is 0 Å². The Hall–Kier alpha value is -0.260. The summed E-state index contributed by atoms with van der Waals surface area (Å²) in [6, 6.07) is 0. The largest absolute Gasteiger partial charge is 0.0704 e. The SMILES string of the molecule is CC1=C(C)C(C)(C)C(C)(C)C1C. The van der Waals surface area contributed by atoms with E-state index in [4.69, 9.17) is 0 Å². The molecule has 0 aliphatic heterocycles. The summed E-state index contributed by atoms with van der Waals surface area (Å²) >= 11 is 0. The molecule has 0 radical (unpaired) electrons. The van der Waals surface area contributed by atoms with Gasteiger partial charge in [0.2, 0.25) is 0 Å². The van der Waals surface area contributed by atoms with E-state index in [1.165, 1.54) is 0 Å². The highest BCUT2D eigenvalue weighted by Gasteiger charge is 2.48. The van der Waals surface area contributed by atoms with E-state index < -0.39 is 0 Å². The first-order valence-corrected chi connectivity index (χ1v) is 4.90. The van der Waals surface area contributed by atoms with Crippen molar-refractivity contribution in [3.8, 4) is 0 Å². The van der Waals surface area contributed by atoms with Crippen LogP contribution in [0.3, 0.4) is 0 Å². The molecule has 70 valence electrons. The maximum absolute atomic E-state index is 2.39. The van der Waals surface area contributed by atoms with Crippen LogP contribution in [0, 0.1) is 16.7 Å². The van der Waals surface area contributed by atoms with Crippen molar-refractivity contribution in [1.29, 1.82) is 0 Å². The minimum absolute atomic E-state index is 0.372. The molecule has 0 aromatic rings. The Morgan fingerprint density at radius 3 is 1.50 bits per heavy atom. The molecule has 1 atom stereocenters. The van der Waals surface area contributed by atoms with Crippen molar-refractivity contribution in [3.63, 3.8) is 0 Å². The molecule has 0 aromatic carbocycles. The van der Waals surface area contributed by atoms with E-state index >= 15 is 0 Å². The van der Waals surface area contributed by atoms with E-state index in [1.54, 1.807) is 11.1 Å². The quantitative estimate of drug-likeness (QED) is 0.477. The number of hydrogen-bond donors (Lipinski definition) is 0. The third-order valence-corrected chi connectivity index (χ3v) is 4.87. The van der Waals surface area contributed by atoms with Gasteiger partial charge in [0.05, 0.1) is 0 Å². The fourth-order valence-corrected chi connectivity index (χ4v) is 2.38. The van der Waals surface area contributed by atoms with E-state index in [0.717, 1.165) is 5.92 Å². The summed E-state index contributed by atoms with van der Waals surface area (Å²) in [5, 5.41) is 0. The van der Waals surface area contributed by atoms with Gasteiger partial charge in [0.15, 0.2) is 0 Å². The highest BCUT2D eigenvalue weighted by atomic mass is 14.5. The van der Waals surface area contributed by atoms with E-state index in [0.29, 0.717) is 10.8 Å². The molecule has 0 N–H and O–H groups in total. The summed E-state index contributed by atoms with van der Waals surface area (Å²) in [4.78, 5) is 0. The van der Waals surface area contributed by atoms with E-state index in [2.05, 4.69) is 48.5 Å². The predicted octanol–water partition coefficient (Wildman–Crippen LogP) is 4.02. The Morgan fingerprint density at radius 1 is 1.00 bits per heavy atom. The lowest BCUT2D eigenvalue weighted by Crippen LogP contribution is -2.33. The third kappa shape index (κ3) is 0.901. The minimum atomic E-state index is 0.372. The standard InChI is InChI=1S/C12H22/c1-8-9(2)11(4,5)12(6,7)10(8)3/h9H,1-7H3. The van der Waals surface area contributed by atoms with Crippen molar-refractivity contribution >= 4 is 0 Å². The summed E-state index contributed by atoms with van der Waals surface area (Å²) in [5.74, 6) is 0.729. The van der Waals surface area contributed by atoms with Gasteiger partial charge in [0, 0.05) is 0 Å². The maximum Gasteiger partial charge on any atom is -0.00880 e. The second kappa shape index (κ2) is 2.37. The summed E-state index contributed by atoms with van der Waals surface area (Å²) in [6.07, 6.45) is 0. The molecule has 0 heterocycles. The lowest BCUT2D eigenvalue weighted by Gasteiger charge is -2.40. The van der Waals surface area contributed by atoms with Crippen molar-refractivity contribution in [2.75, 3.05) is 0 Å². The van der Waals surface area contributed by atoms with Crippen LogP contribution >= 0.6 is 0 Å². The molecular weight excluding hydrogens is 144 g/mol. The summed E-state index contributed by atoms with van der Waals surface area (Å²) in [6.45, 7) is 16.4. The Kier molecular flexibility index (Phi) is 1.94. The monoisotopic (exact) mass is 166 g/mol. The van der Waals surface area contributed by atoms with Crippen molar-refractivity contribution in [2.24, 2.45) is 16.7 Å². The van der Waals surface area contributed by atoms with Crippen LogP contribution in [-0.2, 0) is 0 Å². The number of allylic oxidation sites excluding steroid dienone is 2. The van der Waals surface area contributed by atoms with Gasteiger partial charge in [-0.3, -0.25) is 0 Å². The van der Waals surface area contributed by atoms with Gasteiger partial charge in [0.25, 0.3) is 0 Å². The second-order valence-electron chi connectivity index (χ2n) is 5.38. The molecule has 0 aromatic heterocycles. The molecule has 0 saturated carbocycles. The van der Waals surface area contributed by atoms with Gasteiger partial charge < -0.3 is 0 Å². The Balaban J connectivity index is 3.22. The number of rotatable bonds is 0. The third-order valence-electron chi connectivity index (χ3n) is 4.87. The van der Waals surface area contributed by atoms with Crippen molar-refractivity contribution in [3.05, 3.63) is 11.1 Å². The van der Waals surface area contributed by atoms with Crippen LogP contribution in [0.15, 0.2) is 11.1 Å². The van der Waals surface area contributed by atoms with Gasteiger partial charge in [-0.2, -0.15) is 0 Å². The average molecular weight is 166 g/mol. The molecule has 0 bridgehead atoms. The van der Waals surface area contributed by atoms with E-state index in [1.807, 2.05) is 0 Å². The first-order chi connectivity index (χ1) is 5.23. The van der Waals surface area contributed by atoms with Crippen molar-refractivity contribution in [1.82, 2.24) is 0 Å². The zero-order valence-corrected chi connectivity index (χ0v) is 9.58. The Morgan fingerprint density at radius 2 is 1.42 bits per heavy atom. The van der Waals surface area contributed by atoms with Crippen LogP contribution in [0.4, 0.5) is 0 Å². The minimum Gasteiger partial charge on any atom is -0.0704 e. The van der Waals surface area contributed by atoms with Crippen LogP contribution in [-0.4, -0.2) is 0 Å². The van der Waals surface area contributed by atoms with Crippen LogP contribution in [0.25, 0.3) is 0 Å². The maximum atomic E-state index is 2.39. The van der Waals surface area contributed by atoms with Crippen LogP contribution in [0.1, 0.15) is 48.5 Å². The van der Waals surface area contributed by atoms with Crippen LogP contribution in [0.5, 0.6) is 0 Å². The van der Waals surface area contributed by atoms with E-state index in [9.17, 15) is 0 Å². The second-order valence-corrected chi connectivity index (χ2v) is 5.38. The Labute approximate surface area is 77.1 Å². The average Bonchev–Trinajstić information content (AvgIpc) is 2.05. The van der Waals surface area contributed by atoms with E-state index in [-0.39, 0.29) is 0 Å². The summed E-state index contributed by atoms with van der Waals surface area (Å²) in [5.41, 5.74) is 3.99. The smallest absolute Gasteiger partial charge is 0.00880 e. The molecular formula is C12H22. The molecule has 0 heteroatoms. The van der Waals surface area contributed by atoms with Crippen LogP contribution < -0.4 is 0 Å². The van der Waals surface area contributed by atoms with Gasteiger partial charge in [-0.1, -0.05) is 45.8 Å². The lowest BCUT2D eigenvalue weighted by atomic mass is 9.64.